The van der Waals surface area contributed by atoms with Crippen LogP contribution in [0.5, 0.6) is 0 Å². The fourth-order valence-electron chi connectivity index (χ4n) is 0.477. The second-order valence-electron chi connectivity index (χ2n) is 2.08. The Morgan fingerprint density at radius 2 is 2.08 bits per heavy atom. The van der Waals surface area contributed by atoms with Crippen LogP contribution in [0.3, 0.4) is 0 Å². The molecule has 0 fully saturated rings. The zero-order valence-electron chi connectivity index (χ0n) is 6.56. The average Bonchev–Trinajstić information content (AvgIpc) is 2.11. The van der Waals surface area contributed by atoms with Crippen molar-refractivity contribution in [3.05, 3.63) is 12.2 Å². The molecule has 0 aromatic heterocycles. The molecule has 70 valence electrons. The van der Waals surface area contributed by atoms with Crippen LogP contribution in [0.4, 0.5) is 0 Å². The number of hydrogen-bond acceptors (Lipinski definition) is 5. The van der Waals surface area contributed by atoms with E-state index in [4.69, 9.17) is 15.3 Å². The van der Waals surface area contributed by atoms with E-state index in [1.165, 1.54) is 0 Å². The second kappa shape index (κ2) is 5.70. The van der Waals surface area contributed by atoms with Gasteiger partial charge in [-0.3, -0.25) is 0 Å². The predicted molar refractivity (Wildman–Crippen MR) is 40.3 cm³/mol. The van der Waals surface area contributed by atoms with Gasteiger partial charge in [-0.2, -0.15) is 0 Å². The van der Waals surface area contributed by atoms with Gasteiger partial charge >= 0.3 is 5.97 Å². The molecule has 0 bridgehead atoms. The molecular weight excluding hydrogens is 164 g/mol. The Labute approximate surface area is 69.9 Å². The van der Waals surface area contributed by atoms with Crippen molar-refractivity contribution in [2.24, 2.45) is 0 Å². The monoisotopic (exact) mass is 176 g/mol. The molecule has 0 aliphatic heterocycles. The third kappa shape index (κ3) is 3.47. The van der Waals surface area contributed by atoms with Gasteiger partial charge in [0.25, 0.3) is 0 Å². The lowest BCUT2D eigenvalue weighted by molar-refractivity contribution is -0.141. The van der Waals surface area contributed by atoms with Crippen molar-refractivity contribution in [3.63, 3.8) is 0 Å². The molecule has 0 radical (unpaired) electrons. The van der Waals surface area contributed by atoms with E-state index in [1.54, 1.807) is 0 Å². The van der Waals surface area contributed by atoms with Crippen molar-refractivity contribution in [2.45, 2.75) is 6.10 Å². The van der Waals surface area contributed by atoms with Crippen molar-refractivity contribution in [1.82, 2.24) is 0 Å². The molecule has 0 saturated heterocycles. The molecule has 5 heteroatoms. The number of ether oxygens (including phenoxy) is 1. The van der Waals surface area contributed by atoms with Crippen molar-refractivity contribution >= 4 is 5.97 Å². The van der Waals surface area contributed by atoms with Crippen LogP contribution in [0.15, 0.2) is 12.2 Å². The van der Waals surface area contributed by atoms with Crippen LogP contribution in [0.25, 0.3) is 0 Å². The van der Waals surface area contributed by atoms with E-state index in [-0.39, 0.29) is 18.8 Å². The highest BCUT2D eigenvalue weighted by Gasteiger charge is 2.16. The Balaban J connectivity index is 3.85. The van der Waals surface area contributed by atoms with Crippen LogP contribution in [0.1, 0.15) is 0 Å². The van der Waals surface area contributed by atoms with E-state index in [0.717, 1.165) is 0 Å². The quantitative estimate of drug-likeness (QED) is 0.348. The molecule has 5 nitrogen and oxygen atoms in total. The fourth-order valence-corrected chi connectivity index (χ4v) is 0.477. The first-order valence-electron chi connectivity index (χ1n) is 3.39. The minimum absolute atomic E-state index is 0.143. The molecule has 1 atom stereocenters. The summed E-state index contributed by atoms with van der Waals surface area (Å²) in [7, 11) is 0. The molecule has 0 aromatic carbocycles. The predicted octanol–water partition coefficient (Wildman–Crippen LogP) is -1.57. The maximum absolute atomic E-state index is 10.8. The summed E-state index contributed by atoms with van der Waals surface area (Å²) >= 11 is 0. The number of esters is 1. The maximum Gasteiger partial charge on any atom is 0.336 e. The topological polar surface area (TPSA) is 87.0 Å². The van der Waals surface area contributed by atoms with E-state index < -0.39 is 18.7 Å². The van der Waals surface area contributed by atoms with Gasteiger partial charge in [0.05, 0.1) is 18.8 Å². The highest BCUT2D eigenvalue weighted by Crippen LogP contribution is 2.00. The van der Waals surface area contributed by atoms with E-state index in [2.05, 4.69) is 11.3 Å². The molecule has 0 spiro atoms. The molecule has 12 heavy (non-hydrogen) atoms. The summed E-state index contributed by atoms with van der Waals surface area (Å²) in [5.74, 6) is -0.814. The molecule has 1 unspecified atom stereocenters. The number of carbonyl (C=O) groups is 1. The van der Waals surface area contributed by atoms with Crippen molar-refractivity contribution in [1.29, 1.82) is 0 Å². The van der Waals surface area contributed by atoms with Crippen molar-refractivity contribution in [2.75, 3.05) is 19.8 Å². The molecule has 0 aromatic rings. The largest absolute Gasteiger partial charge is 0.460 e. The van der Waals surface area contributed by atoms with Crippen LogP contribution >= 0.6 is 0 Å². The van der Waals surface area contributed by atoms with Gasteiger partial charge in [-0.05, 0) is 0 Å². The molecule has 0 aliphatic rings. The van der Waals surface area contributed by atoms with E-state index in [1.807, 2.05) is 0 Å². The van der Waals surface area contributed by atoms with Crippen LogP contribution in [0, 0.1) is 0 Å². The SMILES string of the molecule is C=C(C(=O)OCCO)C(O)CO. The highest BCUT2D eigenvalue weighted by molar-refractivity contribution is 5.88. The van der Waals surface area contributed by atoms with Gasteiger partial charge in [-0.25, -0.2) is 4.79 Å². The van der Waals surface area contributed by atoms with Crippen LogP contribution in [0.2, 0.25) is 0 Å². The summed E-state index contributed by atoms with van der Waals surface area (Å²) in [5, 5.41) is 25.6. The van der Waals surface area contributed by atoms with Crippen LogP contribution < -0.4 is 0 Å². The Kier molecular flexibility index (Phi) is 5.27. The molecule has 0 aliphatic carbocycles. The fraction of sp³-hybridized carbons (Fsp3) is 0.571. The summed E-state index contributed by atoms with van der Waals surface area (Å²) in [6, 6.07) is 0. The van der Waals surface area contributed by atoms with Gasteiger partial charge in [-0.15, -0.1) is 0 Å². The summed E-state index contributed by atoms with van der Waals surface area (Å²) in [5.41, 5.74) is -0.217. The zero-order chi connectivity index (χ0) is 9.56. The molecular formula is C7H12O5. The number of hydrogen-bond donors (Lipinski definition) is 3. The van der Waals surface area contributed by atoms with E-state index in [9.17, 15) is 4.79 Å². The van der Waals surface area contributed by atoms with Gasteiger partial charge in [0.1, 0.15) is 12.7 Å². The van der Waals surface area contributed by atoms with Crippen LogP contribution in [-0.4, -0.2) is 47.2 Å². The standard InChI is InChI=1S/C7H12O5/c1-5(6(10)4-9)7(11)12-3-2-8/h6,8-10H,1-4H2. The summed E-state index contributed by atoms with van der Waals surface area (Å²) in [6.07, 6.45) is -1.30. The number of carbonyl (C=O) groups excluding carboxylic acids is 1. The van der Waals surface area contributed by atoms with Gasteiger partial charge < -0.3 is 20.1 Å². The highest BCUT2D eigenvalue weighted by atomic mass is 16.5. The minimum atomic E-state index is -1.30. The third-order valence-electron chi connectivity index (χ3n) is 1.16. The number of aliphatic hydroxyl groups excluding tert-OH is 3. The van der Waals surface area contributed by atoms with Gasteiger partial charge in [-0.1, -0.05) is 6.58 Å². The Morgan fingerprint density at radius 1 is 1.50 bits per heavy atom. The van der Waals surface area contributed by atoms with Crippen molar-refractivity contribution < 1.29 is 24.9 Å². The Bertz CT molecular complexity index is 165. The summed E-state index contributed by atoms with van der Waals surface area (Å²) < 4.78 is 4.42. The molecule has 3 N–H and O–H groups in total. The van der Waals surface area contributed by atoms with E-state index >= 15 is 0 Å². The number of rotatable bonds is 5. The lowest BCUT2D eigenvalue weighted by Crippen LogP contribution is -2.23. The van der Waals surface area contributed by atoms with Gasteiger partial charge in [0, 0.05) is 0 Å². The minimum Gasteiger partial charge on any atom is -0.460 e. The molecule has 0 rings (SSSR count). The lowest BCUT2D eigenvalue weighted by Gasteiger charge is -2.09. The number of aliphatic hydroxyl groups is 3. The first kappa shape index (κ1) is 11.1. The van der Waals surface area contributed by atoms with Gasteiger partial charge in [0.15, 0.2) is 0 Å². The smallest absolute Gasteiger partial charge is 0.336 e. The van der Waals surface area contributed by atoms with E-state index in [0.29, 0.717) is 0 Å². The normalized spacial score (nSPS) is 12.2. The average molecular weight is 176 g/mol. The summed E-state index contributed by atoms with van der Waals surface area (Å²) in [6.45, 7) is 2.21. The van der Waals surface area contributed by atoms with Crippen LogP contribution in [-0.2, 0) is 9.53 Å². The Hall–Kier alpha value is -0.910. The summed E-state index contributed by atoms with van der Waals surface area (Å²) in [4.78, 5) is 10.8. The maximum atomic E-state index is 10.8. The second-order valence-corrected chi connectivity index (χ2v) is 2.08. The lowest BCUT2D eigenvalue weighted by atomic mass is 10.2. The molecule has 0 saturated carbocycles. The molecule has 0 heterocycles. The van der Waals surface area contributed by atoms with Crippen molar-refractivity contribution in [3.8, 4) is 0 Å². The Morgan fingerprint density at radius 3 is 2.50 bits per heavy atom. The third-order valence-corrected chi connectivity index (χ3v) is 1.16. The van der Waals surface area contributed by atoms with Gasteiger partial charge in [0.2, 0.25) is 0 Å². The zero-order valence-corrected chi connectivity index (χ0v) is 6.56. The first-order chi connectivity index (χ1) is 5.63. The first-order valence-corrected chi connectivity index (χ1v) is 3.39. The molecule has 0 amide bonds.